The van der Waals surface area contributed by atoms with Gasteiger partial charge in [-0.15, -0.1) is 0 Å². The summed E-state index contributed by atoms with van der Waals surface area (Å²) in [4.78, 5) is 2.47. The van der Waals surface area contributed by atoms with Crippen molar-refractivity contribution in [3.05, 3.63) is 22.4 Å². The van der Waals surface area contributed by atoms with Crippen LogP contribution in [0.25, 0.3) is 0 Å². The van der Waals surface area contributed by atoms with Gasteiger partial charge in [0.05, 0.1) is 12.7 Å². The molecule has 2 unspecified atom stereocenters. The first-order chi connectivity index (χ1) is 8.79. The smallest absolute Gasteiger partial charge is 0.0853 e. The predicted octanol–water partition coefficient (Wildman–Crippen LogP) is 2.12. The Morgan fingerprint density at radius 2 is 2.50 bits per heavy atom. The maximum absolute atomic E-state index is 6.28. The standard InChI is InChI=1S/C14H24N2OS/c1-2-6-16-7-8-17-14(10-16)13(15)4-3-12-5-9-18-11-12/h5,9,11,13-14H,2-4,6-8,10,15H2,1H3. The number of nitrogens with two attached hydrogens (primary N) is 1. The van der Waals surface area contributed by atoms with Gasteiger partial charge in [-0.05, 0) is 48.2 Å². The zero-order valence-electron chi connectivity index (χ0n) is 11.2. The minimum absolute atomic E-state index is 0.157. The molecule has 0 bridgehead atoms. The largest absolute Gasteiger partial charge is 0.374 e. The number of thiophene rings is 1. The fraction of sp³-hybridized carbons (Fsp3) is 0.714. The molecule has 1 aliphatic heterocycles. The molecule has 2 atom stereocenters. The van der Waals surface area contributed by atoms with Crippen LogP contribution < -0.4 is 5.73 Å². The topological polar surface area (TPSA) is 38.5 Å². The third-order valence-corrected chi connectivity index (χ3v) is 4.27. The second-order valence-corrected chi connectivity index (χ2v) is 5.82. The first-order valence-corrected chi connectivity index (χ1v) is 7.84. The fourth-order valence-corrected chi connectivity index (χ4v) is 3.17. The molecule has 0 spiro atoms. The highest BCUT2D eigenvalue weighted by atomic mass is 32.1. The molecule has 0 amide bonds. The van der Waals surface area contributed by atoms with Crippen molar-refractivity contribution in [3.8, 4) is 0 Å². The summed E-state index contributed by atoms with van der Waals surface area (Å²) in [5, 5.41) is 4.33. The van der Waals surface area contributed by atoms with Gasteiger partial charge in [0.2, 0.25) is 0 Å². The number of aryl methyl sites for hydroxylation is 1. The lowest BCUT2D eigenvalue weighted by Gasteiger charge is -2.35. The van der Waals surface area contributed by atoms with Gasteiger partial charge in [0.15, 0.2) is 0 Å². The normalized spacial score (nSPS) is 23.1. The zero-order chi connectivity index (χ0) is 12.8. The van der Waals surface area contributed by atoms with E-state index in [1.165, 1.54) is 12.0 Å². The molecular weight excluding hydrogens is 244 g/mol. The number of hydrogen-bond acceptors (Lipinski definition) is 4. The molecule has 18 heavy (non-hydrogen) atoms. The van der Waals surface area contributed by atoms with Crippen LogP contribution >= 0.6 is 11.3 Å². The van der Waals surface area contributed by atoms with Gasteiger partial charge in [0, 0.05) is 19.1 Å². The van der Waals surface area contributed by atoms with Crippen molar-refractivity contribution in [1.82, 2.24) is 4.90 Å². The lowest BCUT2D eigenvalue weighted by atomic mass is 10.0. The van der Waals surface area contributed by atoms with Crippen LogP contribution in [0.5, 0.6) is 0 Å². The highest BCUT2D eigenvalue weighted by Crippen LogP contribution is 2.14. The summed E-state index contributed by atoms with van der Waals surface area (Å²) in [6.45, 7) is 6.27. The monoisotopic (exact) mass is 268 g/mol. The molecule has 1 aliphatic rings. The van der Waals surface area contributed by atoms with E-state index in [1.807, 2.05) is 0 Å². The summed E-state index contributed by atoms with van der Waals surface area (Å²) >= 11 is 1.75. The number of nitrogens with zero attached hydrogens (tertiary/aromatic N) is 1. The van der Waals surface area contributed by atoms with Crippen molar-refractivity contribution in [3.63, 3.8) is 0 Å². The fourth-order valence-electron chi connectivity index (χ4n) is 2.46. The van der Waals surface area contributed by atoms with Crippen LogP contribution in [-0.4, -0.2) is 43.3 Å². The Balaban J connectivity index is 1.75. The van der Waals surface area contributed by atoms with Crippen molar-refractivity contribution >= 4 is 11.3 Å². The molecule has 2 rings (SSSR count). The van der Waals surface area contributed by atoms with Crippen molar-refractivity contribution in [2.45, 2.75) is 38.3 Å². The second-order valence-electron chi connectivity index (χ2n) is 5.04. The third-order valence-electron chi connectivity index (χ3n) is 3.54. The van der Waals surface area contributed by atoms with E-state index in [9.17, 15) is 0 Å². The molecule has 1 fully saturated rings. The highest BCUT2D eigenvalue weighted by Gasteiger charge is 2.25. The van der Waals surface area contributed by atoms with Gasteiger partial charge in [-0.2, -0.15) is 11.3 Å². The number of hydrogen-bond donors (Lipinski definition) is 1. The molecule has 102 valence electrons. The molecule has 0 saturated carbocycles. The quantitative estimate of drug-likeness (QED) is 0.859. The Kier molecular flexibility index (Phi) is 5.63. The molecule has 1 aromatic rings. The van der Waals surface area contributed by atoms with Crippen molar-refractivity contribution in [1.29, 1.82) is 0 Å². The first kappa shape index (κ1) is 14.0. The maximum atomic E-state index is 6.28. The molecule has 0 aromatic carbocycles. The molecule has 1 saturated heterocycles. The van der Waals surface area contributed by atoms with E-state index in [1.54, 1.807) is 11.3 Å². The maximum Gasteiger partial charge on any atom is 0.0853 e. The Morgan fingerprint density at radius 3 is 3.22 bits per heavy atom. The van der Waals surface area contributed by atoms with E-state index in [4.69, 9.17) is 10.5 Å². The Morgan fingerprint density at radius 1 is 1.61 bits per heavy atom. The van der Waals surface area contributed by atoms with Crippen LogP contribution in [0.3, 0.4) is 0 Å². The van der Waals surface area contributed by atoms with Gasteiger partial charge >= 0.3 is 0 Å². The van der Waals surface area contributed by atoms with Crippen LogP contribution in [0.1, 0.15) is 25.3 Å². The van der Waals surface area contributed by atoms with Gasteiger partial charge < -0.3 is 10.5 Å². The molecule has 2 N–H and O–H groups in total. The average molecular weight is 268 g/mol. The molecule has 0 radical (unpaired) electrons. The van der Waals surface area contributed by atoms with E-state index < -0.39 is 0 Å². The highest BCUT2D eigenvalue weighted by molar-refractivity contribution is 7.07. The summed E-state index contributed by atoms with van der Waals surface area (Å²) in [5.74, 6) is 0. The predicted molar refractivity (Wildman–Crippen MR) is 77.1 cm³/mol. The summed E-state index contributed by atoms with van der Waals surface area (Å²) in [6.07, 6.45) is 3.50. The molecule has 0 aliphatic carbocycles. The summed E-state index contributed by atoms with van der Waals surface area (Å²) in [5.41, 5.74) is 7.67. The van der Waals surface area contributed by atoms with Crippen molar-refractivity contribution in [2.24, 2.45) is 5.73 Å². The van der Waals surface area contributed by atoms with Crippen molar-refractivity contribution < 1.29 is 4.74 Å². The molecule has 2 heterocycles. The second kappa shape index (κ2) is 7.24. The van der Waals surface area contributed by atoms with E-state index in [2.05, 4.69) is 28.7 Å². The van der Waals surface area contributed by atoms with Crippen LogP contribution in [0, 0.1) is 0 Å². The zero-order valence-corrected chi connectivity index (χ0v) is 12.0. The lowest BCUT2D eigenvalue weighted by molar-refractivity contribution is -0.0412. The molecule has 3 nitrogen and oxygen atoms in total. The van der Waals surface area contributed by atoms with Gasteiger partial charge in [-0.1, -0.05) is 6.92 Å². The van der Waals surface area contributed by atoms with Gasteiger partial charge in [-0.3, -0.25) is 4.90 Å². The van der Waals surface area contributed by atoms with E-state index in [-0.39, 0.29) is 12.1 Å². The minimum Gasteiger partial charge on any atom is -0.374 e. The summed E-state index contributed by atoms with van der Waals surface area (Å²) in [7, 11) is 0. The van der Waals surface area contributed by atoms with Crippen LogP contribution in [0.2, 0.25) is 0 Å². The van der Waals surface area contributed by atoms with Gasteiger partial charge in [0.1, 0.15) is 0 Å². The summed E-state index contributed by atoms with van der Waals surface area (Å²) in [6, 6.07) is 2.34. The van der Waals surface area contributed by atoms with E-state index in [0.717, 1.165) is 39.1 Å². The number of rotatable bonds is 6. The van der Waals surface area contributed by atoms with Crippen LogP contribution in [0.15, 0.2) is 16.8 Å². The lowest BCUT2D eigenvalue weighted by Crippen LogP contribution is -2.50. The first-order valence-electron chi connectivity index (χ1n) is 6.90. The van der Waals surface area contributed by atoms with E-state index >= 15 is 0 Å². The molecule has 4 heteroatoms. The Hall–Kier alpha value is -0.420. The Bertz CT molecular complexity index is 327. The van der Waals surface area contributed by atoms with Crippen LogP contribution in [-0.2, 0) is 11.2 Å². The Labute approximate surface area is 114 Å². The van der Waals surface area contributed by atoms with Gasteiger partial charge in [0.25, 0.3) is 0 Å². The minimum atomic E-state index is 0.157. The number of ether oxygens (including phenoxy) is 1. The van der Waals surface area contributed by atoms with E-state index in [0.29, 0.717) is 0 Å². The molecule has 1 aromatic heterocycles. The molecular formula is C14H24N2OS. The SMILES string of the molecule is CCCN1CCOC(C(N)CCc2ccsc2)C1. The van der Waals surface area contributed by atoms with Crippen molar-refractivity contribution in [2.75, 3.05) is 26.2 Å². The average Bonchev–Trinajstić information content (AvgIpc) is 2.90. The van der Waals surface area contributed by atoms with Crippen LogP contribution in [0.4, 0.5) is 0 Å². The number of morpholine rings is 1. The van der Waals surface area contributed by atoms with Gasteiger partial charge in [-0.25, -0.2) is 0 Å². The summed E-state index contributed by atoms with van der Waals surface area (Å²) < 4.78 is 5.82. The third kappa shape index (κ3) is 4.05.